The van der Waals surface area contributed by atoms with Gasteiger partial charge in [0.05, 0.1) is 4.91 Å². The summed E-state index contributed by atoms with van der Waals surface area (Å²) in [6.45, 7) is 0.468. The van der Waals surface area contributed by atoms with E-state index < -0.39 is 5.91 Å². The van der Waals surface area contributed by atoms with E-state index in [1.54, 1.807) is 30.3 Å². The van der Waals surface area contributed by atoms with Crippen LogP contribution in [-0.4, -0.2) is 17.0 Å². The topological polar surface area (TPSA) is 67.8 Å². The first-order valence-electron chi connectivity index (χ1n) is 10.7. The van der Waals surface area contributed by atoms with E-state index in [0.29, 0.717) is 17.1 Å². The average Bonchev–Trinajstić information content (AvgIpc) is 3.22. The summed E-state index contributed by atoms with van der Waals surface area (Å²) in [5.41, 5.74) is 2.45. The van der Waals surface area contributed by atoms with Crippen LogP contribution in [0.15, 0.2) is 107 Å². The van der Waals surface area contributed by atoms with Gasteiger partial charge in [-0.25, -0.2) is 0 Å². The van der Waals surface area contributed by atoms with Gasteiger partial charge in [0, 0.05) is 5.56 Å². The number of benzene rings is 4. The molecule has 1 N–H and O–H groups in total. The Bertz CT molecular complexity index is 1420. The molecular formula is C28H20N2O3S. The third kappa shape index (κ3) is 4.92. The minimum Gasteiger partial charge on any atom is -0.489 e. The Morgan fingerprint density at radius 1 is 0.882 bits per heavy atom. The van der Waals surface area contributed by atoms with Gasteiger partial charge in [0.2, 0.25) is 0 Å². The highest BCUT2D eigenvalue weighted by atomic mass is 32.2. The lowest BCUT2D eigenvalue weighted by atomic mass is 10.1. The maximum Gasteiger partial charge on any atom is 0.279 e. The molecule has 6 heteroatoms. The van der Waals surface area contributed by atoms with Gasteiger partial charge in [-0.2, -0.15) is 4.99 Å². The molecule has 166 valence electrons. The van der Waals surface area contributed by atoms with E-state index in [9.17, 15) is 9.59 Å². The Labute approximate surface area is 201 Å². The highest BCUT2D eigenvalue weighted by Gasteiger charge is 2.24. The molecule has 0 saturated carbocycles. The molecule has 4 aromatic rings. The summed E-state index contributed by atoms with van der Waals surface area (Å²) in [5, 5.41) is 5.29. The molecule has 0 radical (unpaired) electrons. The Morgan fingerprint density at radius 2 is 1.62 bits per heavy atom. The minimum absolute atomic E-state index is 0.277. The van der Waals surface area contributed by atoms with Crippen molar-refractivity contribution in [1.29, 1.82) is 0 Å². The molecule has 0 spiro atoms. The summed E-state index contributed by atoms with van der Waals surface area (Å²) >= 11 is 1.15. The van der Waals surface area contributed by atoms with E-state index in [1.165, 1.54) is 10.8 Å². The molecule has 1 aliphatic heterocycles. The van der Waals surface area contributed by atoms with Crippen molar-refractivity contribution in [3.63, 3.8) is 0 Å². The van der Waals surface area contributed by atoms with Crippen LogP contribution in [0, 0.1) is 0 Å². The Balaban J connectivity index is 1.24. The third-order valence-electron chi connectivity index (χ3n) is 5.33. The Morgan fingerprint density at radius 3 is 2.44 bits per heavy atom. The minimum atomic E-state index is -0.391. The van der Waals surface area contributed by atoms with Crippen LogP contribution < -0.4 is 10.1 Å². The smallest absolute Gasteiger partial charge is 0.279 e. The second-order valence-electron chi connectivity index (χ2n) is 7.65. The zero-order valence-corrected chi connectivity index (χ0v) is 18.9. The second-order valence-corrected chi connectivity index (χ2v) is 8.68. The number of nitrogens with zero attached hydrogens (tertiary/aromatic N) is 1. The molecular weight excluding hydrogens is 444 g/mol. The molecule has 1 saturated heterocycles. The number of hydrogen-bond donors (Lipinski definition) is 1. The highest BCUT2D eigenvalue weighted by Crippen LogP contribution is 2.27. The fraction of sp³-hybridized carbons (Fsp3) is 0.0357. The van der Waals surface area contributed by atoms with Gasteiger partial charge in [0.1, 0.15) is 12.4 Å². The molecule has 0 unspecified atom stereocenters. The third-order valence-corrected chi connectivity index (χ3v) is 6.24. The van der Waals surface area contributed by atoms with Crippen molar-refractivity contribution < 1.29 is 14.3 Å². The quantitative estimate of drug-likeness (QED) is 0.378. The molecule has 34 heavy (non-hydrogen) atoms. The summed E-state index contributed by atoms with van der Waals surface area (Å²) in [4.78, 5) is 29.1. The monoisotopic (exact) mass is 464 g/mol. The van der Waals surface area contributed by atoms with Crippen LogP contribution in [-0.2, 0) is 11.4 Å². The van der Waals surface area contributed by atoms with E-state index in [1.807, 2.05) is 48.5 Å². The fourth-order valence-electron chi connectivity index (χ4n) is 3.61. The Hall–Kier alpha value is -4.16. The van der Waals surface area contributed by atoms with Crippen LogP contribution in [0.5, 0.6) is 5.75 Å². The van der Waals surface area contributed by atoms with Gasteiger partial charge in [-0.05, 0) is 64.0 Å². The van der Waals surface area contributed by atoms with Crippen LogP contribution in [0.2, 0.25) is 0 Å². The van der Waals surface area contributed by atoms with Gasteiger partial charge in [-0.1, -0.05) is 72.8 Å². The maximum atomic E-state index is 12.3. The number of nitrogens with one attached hydrogen (secondary N) is 1. The molecule has 2 amide bonds. The van der Waals surface area contributed by atoms with E-state index >= 15 is 0 Å². The fourth-order valence-corrected chi connectivity index (χ4v) is 4.43. The molecule has 0 aliphatic carbocycles. The van der Waals surface area contributed by atoms with Crippen LogP contribution in [0.4, 0.5) is 0 Å². The summed E-state index contributed by atoms with van der Waals surface area (Å²) < 4.78 is 5.99. The van der Waals surface area contributed by atoms with Crippen molar-refractivity contribution in [2.75, 3.05) is 0 Å². The normalized spacial score (nSPS) is 15.6. The number of amides is 2. The van der Waals surface area contributed by atoms with Crippen LogP contribution in [0.3, 0.4) is 0 Å². The Kier molecular flexibility index (Phi) is 6.23. The maximum absolute atomic E-state index is 12.3. The molecule has 0 bridgehead atoms. The van der Waals surface area contributed by atoms with Gasteiger partial charge in [0.25, 0.3) is 11.8 Å². The van der Waals surface area contributed by atoms with Crippen LogP contribution >= 0.6 is 11.8 Å². The standard InChI is InChI=1S/C28H20N2O3S/c31-26(21-8-2-1-3-9-21)29-28-30-27(32)25(34-28)17-19-13-15-23(16-14-19)33-18-22-11-6-10-20-7-4-5-12-24(20)22/h1-17H,18H2,(H,29,30,31,32)/b25-17-. The number of amidine groups is 1. The zero-order chi connectivity index (χ0) is 23.3. The number of aliphatic imine (C=N–C) groups is 1. The summed E-state index contributed by atoms with van der Waals surface area (Å²) in [7, 11) is 0. The van der Waals surface area contributed by atoms with E-state index in [4.69, 9.17) is 4.74 Å². The number of thioether (sulfide) groups is 1. The van der Waals surface area contributed by atoms with Crippen molar-refractivity contribution in [2.24, 2.45) is 4.99 Å². The largest absolute Gasteiger partial charge is 0.489 e. The van der Waals surface area contributed by atoms with Gasteiger partial charge < -0.3 is 10.1 Å². The van der Waals surface area contributed by atoms with E-state index in [-0.39, 0.29) is 11.1 Å². The SMILES string of the molecule is O=C1NC(=NC(=O)c2ccccc2)S/C1=C\c1ccc(OCc2cccc3ccccc23)cc1. The van der Waals surface area contributed by atoms with Crippen molar-refractivity contribution in [3.05, 3.63) is 119 Å². The molecule has 5 rings (SSSR count). The van der Waals surface area contributed by atoms with E-state index in [2.05, 4.69) is 34.6 Å². The first-order chi connectivity index (χ1) is 16.7. The van der Waals surface area contributed by atoms with Crippen molar-refractivity contribution >= 4 is 45.6 Å². The van der Waals surface area contributed by atoms with Gasteiger partial charge in [0.15, 0.2) is 5.17 Å². The number of ether oxygens (including phenoxy) is 1. The second kappa shape index (κ2) is 9.77. The zero-order valence-electron chi connectivity index (χ0n) is 18.1. The summed E-state index contributed by atoms with van der Waals surface area (Å²) in [6, 6.07) is 30.7. The van der Waals surface area contributed by atoms with Crippen molar-refractivity contribution in [2.45, 2.75) is 6.61 Å². The molecule has 4 aromatic carbocycles. The number of carbonyl (C=O) groups excluding carboxylic acids is 2. The predicted molar refractivity (Wildman–Crippen MR) is 137 cm³/mol. The number of fused-ring (bicyclic) bond motifs is 1. The van der Waals surface area contributed by atoms with Gasteiger partial charge in [-0.15, -0.1) is 0 Å². The van der Waals surface area contributed by atoms with Crippen LogP contribution in [0.1, 0.15) is 21.5 Å². The number of carbonyl (C=O) groups is 2. The van der Waals surface area contributed by atoms with Gasteiger partial charge in [-0.3, -0.25) is 9.59 Å². The summed E-state index contributed by atoms with van der Waals surface area (Å²) in [6.07, 6.45) is 1.77. The summed E-state index contributed by atoms with van der Waals surface area (Å²) in [5.74, 6) is 0.0764. The molecule has 0 atom stereocenters. The van der Waals surface area contributed by atoms with Gasteiger partial charge >= 0.3 is 0 Å². The highest BCUT2D eigenvalue weighted by molar-refractivity contribution is 8.18. The van der Waals surface area contributed by atoms with Crippen molar-refractivity contribution in [3.8, 4) is 5.75 Å². The lowest BCUT2D eigenvalue weighted by molar-refractivity contribution is -0.115. The first kappa shape index (κ1) is 21.7. The number of rotatable bonds is 5. The molecule has 1 heterocycles. The first-order valence-corrected chi connectivity index (χ1v) is 11.6. The van der Waals surface area contributed by atoms with Crippen molar-refractivity contribution in [1.82, 2.24) is 5.32 Å². The number of hydrogen-bond acceptors (Lipinski definition) is 4. The van der Waals surface area contributed by atoms with E-state index in [0.717, 1.165) is 28.6 Å². The van der Waals surface area contributed by atoms with Crippen LogP contribution in [0.25, 0.3) is 16.8 Å². The lowest BCUT2D eigenvalue weighted by Crippen LogP contribution is -2.20. The molecule has 0 aromatic heterocycles. The molecule has 5 nitrogen and oxygen atoms in total. The molecule has 1 aliphatic rings. The average molecular weight is 465 g/mol. The lowest BCUT2D eigenvalue weighted by Gasteiger charge is -2.09. The predicted octanol–water partition coefficient (Wildman–Crippen LogP) is 5.82. The molecule has 1 fully saturated rings.